The number of aromatic amines is 1. The molecule has 2 N–H and O–H groups in total. The van der Waals surface area contributed by atoms with Crippen LogP contribution >= 0.6 is 0 Å². The van der Waals surface area contributed by atoms with E-state index in [0.29, 0.717) is 37.2 Å². The minimum atomic E-state index is -0.455. The van der Waals surface area contributed by atoms with E-state index >= 15 is 0 Å². The van der Waals surface area contributed by atoms with E-state index in [1.54, 1.807) is 0 Å². The molecule has 0 saturated heterocycles. The average molecular weight is 339 g/mol. The van der Waals surface area contributed by atoms with Gasteiger partial charge in [0.15, 0.2) is 5.78 Å². The highest BCUT2D eigenvalue weighted by Crippen LogP contribution is 2.18. The summed E-state index contributed by atoms with van der Waals surface area (Å²) in [5.41, 5.74) is 1.71. The van der Waals surface area contributed by atoms with Gasteiger partial charge in [-0.1, -0.05) is 18.2 Å². The van der Waals surface area contributed by atoms with Gasteiger partial charge in [0.2, 0.25) is 0 Å². The second kappa shape index (κ2) is 7.34. The number of para-hydroxylation sites is 1. The van der Waals surface area contributed by atoms with Crippen LogP contribution in [0.1, 0.15) is 39.3 Å². The van der Waals surface area contributed by atoms with Crippen molar-refractivity contribution in [1.29, 1.82) is 0 Å². The van der Waals surface area contributed by atoms with Gasteiger partial charge in [-0.05, 0) is 31.0 Å². The molecule has 0 aliphatic heterocycles. The van der Waals surface area contributed by atoms with Crippen LogP contribution in [0.3, 0.4) is 0 Å². The molecule has 0 saturated carbocycles. The van der Waals surface area contributed by atoms with Crippen molar-refractivity contribution in [2.75, 3.05) is 25.0 Å². The molecular formula is C19H21N3O3. The number of hydrogen-bond donors (Lipinski definition) is 2. The maximum Gasteiger partial charge on any atom is 0.261 e. The molecule has 1 amide bonds. The minimum Gasteiger partial charge on any atom is -0.373 e. The van der Waals surface area contributed by atoms with Crippen LogP contribution in [0.5, 0.6) is 0 Å². The van der Waals surface area contributed by atoms with Crippen LogP contribution in [0.25, 0.3) is 0 Å². The lowest BCUT2D eigenvalue weighted by molar-refractivity contribution is 0.0953. The second-order valence-electron chi connectivity index (χ2n) is 6.19. The Labute approximate surface area is 145 Å². The highest BCUT2D eigenvalue weighted by Gasteiger charge is 2.21. The van der Waals surface area contributed by atoms with E-state index in [-0.39, 0.29) is 11.3 Å². The van der Waals surface area contributed by atoms with Gasteiger partial charge in [0, 0.05) is 43.5 Å². The number of anilines is 1. The molecule has 0 fully saturated rings. The van der Waals surface area contributed by atoms with Gasteiger partial charge in [0.1, 0.15) is 5.56 Å². The number of aromatic nitrogens is 1. The highest BCUT2D eigenvalue weighted by molar-refractivity contribution is 6.01. The molecule has 0 spiro atoms. The van der Waals surface area contributed by atoms with Gasteiger partial charge >= 0.3 is 0 Å². The summed E-state index contributed by atoms with van der Waals surface area (Å²) >= 11 is 0. The van der Waals surface area contributed by atoms with Crippen LogP contribution in [0.15, 0.2) is 41.2 Å². The third kappa shape index (κ3) is 3.79. The second-order valence-corrected chi connectivity index (χ2v) is 6.19. The Balaban J connectivity index is 1.65. The van der Waals surface area contributed by atoms with Crippen LogP contribution < -0.4 is 15.8 Å². The lowest BCUT2D eigenvalue weighted by Crippen LogP contribution is -2.36. The molecule has 0 bridgehead atoms. The molecule has 1 aromatic carbocycles. The van der Waals surface area contributed by atoms with Crippen molar-refractivity contribution >= 4 is 17.4 Å². The molecule has 130 valence electrons. The number of Topliss-reactive ketones (excluding diaryl/α,β-unsaturated/α-hetero) is 1. The van der Waals surface area contributed by atoms with Gasteiger partial charge in [-0.15, -0.1) is 0 Å². The van der Waals surface area contributed by atoms with Crippen LogP contribution in [-0.4, -0.2) is 36.8 Å². The van der Waals surface area contributed by atoms with Gasteiger partial charge in [-0.2, -0.15) is 0 Å². The number of benzene rings is 1. The molecule has 6 nitrogen and oxygen atoms in total. The number of amides is 1. The summed E-state index contributed by atoms with van der Waals surface area (Å²) in [6.07, 6.45) is 1.86. The molecule has 0 radical (unpaired) electrons. The van der Waals surface area contributed by atoms with Crippen molar-refractivity contribution in [1.82, 2.24) is 10.3 Å². The summed E-state index contributed by atoms with van der Waals surface area (Å²) in [5, 5.41) is 2.75. The first kappa shape index (κ1) is 17.0. The number of rotatable bonds is 5. The zero-order valence-corrected chi connectivity index (χ0v) is 14.2. The third-order valence-electron chi connectivity index (χ3n) is 4.43. The summed E-state index contributed by atoms with van der Waals surface area (Å²) in [7, 11) is 1.94. The Bertz CT molecular complexity index is 843. The molecule has 0 atom stereocenters. The number of hydrogen-bond acceptors (Lipinski definition) is 4. The van der Waals surface area contributed by atoms with E-state index in [4.69, 9.17) is 0 Å². The number of fused-ring (bicyclic) bond motifs is 1. The minimum absolute atomic E-state index is 0.00337. The zero-order valence-electron chi connectivity index (χ0n) is 14.2. The summed E-state index contributed by atoms with van der Waals surface area (Å²) < 4.78 is 0. The highest BCUT2D eigenvalue weighted by atomic mass is 16.2. The Hall–Kier alpha value is -2.89. The summed E-state index contributed by atoms with van der Waals surface area (Å²) in [4.78, 5) is 41.1. The predicted octanol–water partition coefficient (Wildman–Crippen LogP) is 1.76. The molecule has 1 aliphatic rings. The Kier molecular flexibility index (Phi) is 4.97. The van der Waals surface area contributed by atoms with Gasteiger partial charge < -0.3 is 15.2 Å². The third-order valence-corrected chi connectivity index (χ3v) is 4.43. The number of aryl methyl sites for hydroxylation is 1. The van der Waals surface area contributed by atoms with E-state index in [1.165, 1.54) is 6.07 Å². The van der Waals surface area contributed by atoms with E-state index < -0.39 is 11.5 Å². The maximum absolute atomic E-state index is 12.3. The standard InChI is InChI=1S/C19H21N3O3/c1-22(13-6-3-2-4-7-13)11-10-20-18(24)15-12-14-16(21-19(15)25)8-5-9-17(14)23/h2-4,6-7,12H,5,8-11H2,1H3,(H,20,24)(H,21,25). The average Bonchev–Trinajstić information content (AvgIpc) is 2.62. The largest absolute Gasteiger partial charge is 0.373 e. The lowest BCUT2D eigenvalue weighted by atomic mass is 9.93. The molecular weight excluding hydrogens is 318 g/mol. The van der Waals surface area contributed by atoms with Gasteiger partial charge in [0.25, 0.3) is 11.5 Å². The van der Waals surface area contributed by atoms with Crippen LogP contribution in [0, 0.1) is 0 Å². The van der Waals surface area contributed by atoms with Crippen molar-refractivity contribution < 1.29 is 9.59 Å². The maximum atomic E-state index is 12.3. The number of H-pyrrole nitrogens is 1. The fraction of sp³-hybridized carbons (Fsp3) is 0.316. The first-order valence-electron chi connectivity index (χ1n) is 8.40. The fourth-order valence-electron chi connectivity index (χ4n) is 2.99. The summed E-state index contributed by atoms with van der Waals surface area (Å²) in [6.45, 7) is 1.01. The van der Waals surface area contributed by atoms with Crippen LogP contribution in [-0.2, 0) is 6.42 Å². The number of pyridine rings is 1. The Morgan fingerprint density at radius 2 is 1.96 bits per heavy atom. The van der Waals surface area contributed by atoms with Gasteiger partial charge in [-0.25, -0.2) is 0 Å². The molecule has 25 heavy (non-hydrogen) atoms. The molecule has 0 unspecified atom stereocenters. The van der Waals surface area contributed by atoms with Crippen molar-refractivity contribution in [2.45, 2.75) is 19.3 Å². The molecule has 1 aromatic heterocycles. The van der Waals surface area contributed by atoms with E-state index in [1.807, 2.05) is 42.3 Å². The van der Waals surface area contributed by atoms with E-state index in [9.17, 15) is 14.4 Å². The monoisotopic (exact) mass is 339 g/mol. The van der Waals surface area contributed by atoms with Crippen LogP contribution in [0.4, 0.5) is 5.69 Å². The van der Waals surface area contributed by atoms with Gasteiger partial charge in [-0.3, -0.25) is 14.4 Å². The zero-order chi connectivity index (χ0) is 17.8. The van der Waals surface area contributed by atoms with E-state index in [0.717, 1.165) is 12.1 Å². The van der Waals surface area contributed by atoms with Crippen molar-refractivity contribution in [3.05, 3.63) is 63.6 Å². The predicted molar refractivity (Wildman–Crippen MR) is 96.4 cm³/mol. The number of ketones is 1. The first-order chi connectivity index (χ1) is 12.1. The van der Waals surface area contributed by atoms with Crippen LogP contribution in [0.2, 0.25) is 0 Å². The van der Waals surface area contributed by atoms with Gasteiger partial charge in [0.05, 0.1) is 0 Å². The molecule has 1 heterocycles. The summed E-state index contributed by atoms with van der Waals surface area (Å²) in [6, 6.07) is 11.3. The lowest BCUT2D eigenvalue weighted by Gasteiger charge is -2.19. The van der Waals surface area contributed by atoms with Crippen molar-refractivity contribution in [3.63, 3.8) is 0 Å². The molecule has 1 aliphatic carbocycles. The number of likely N-dealkylation sites (N-methyl/N-ethyl adjacent to an activating group) is 1. The number of nitrogens with zero attached hydrogens (tertiary/aromatic N) is 1. The van der Waals surface area contributed by atoms with Crippen molar-refractivity contribution in [3.8, 4) is 0 Å². The number of nitrogens with one attached hydrogen (secondary N) is 2. The fourth-order valence-corrected chi connectivity index (χ4v) is 2.99. The van der Waals surface area contributed by atoms with E-state index in [2.05, 4.69) is 10.3 Å². The Morgan fingerprint density at radius 3 is 2.72 bits per heavy atom. The summed E-state index contributed by atoms with van der Waals surface area (Å²) in [5.74, 6) is -0.473. The van der Waals surface area contributed by atoms with Crippen molar-refractivity contribution in [2.24, 2.45) is 0 Å². The smallest absolute Gasteiger partial charge is 0.261 e. The topological polar surface area (TPSA) is 82.3 Å². The molecule has 3 rings (SSSR count). The number of carbonyl (C=O) groups excluding carboxylic acids is 2. The quantitative estimate of drug-likeness (QED) is 0.870. The SMILES string of the molecule is CN(CCNC(=O)c1cc2c([nH]c1=O)CCCC2=O)c1ccccc1. The number of carbonyl (C=O) groups is 2. The molecule has 6 heteroatoms. The normalized spacial score (nSPS) is 13.2. The Morgan fingerprint density at radius 1 is 1.20 bits per heavy atom. The molecule has 2 aromatic rings. The first-order valence-corrected chi connectivity index (χ1v) is 8.40.